The molecule has 0 fully saturated rings. The Morgan fingerprint density at radius 1 is 1.22 bits per heavy atom. The number of hydrogen-bond acceptors (Lipinski definition) is 3. The van der Waals surface area contributed by atoms with Crippen molar-refractivity contribution in [1.82, 2.24) is 4.98 Å². The summed E-state index contributed by atoms with van der Waals surface area (Å²) in [6, 6.07) is 9.07. The number of nitrogens with zero attached hydrogens (tertiary/aromatic N) is 2. The van der Waals surface area contributed by atoms with Crippen molar-refractivity contribution in [2.24, 2.45) is 5.73 Å². The minimum Gasteiger partial charge on any atom is -0.326 e. The molecular formula is C16H14F3N3O. The maximum atomic E-state index is 12.6. The van der Waals surface area contributed by atoms with E-state index in [-0.39, 0.29) is 11.7 Å². The van der Waals surface area contributed by atoms with Crippen LogP contribution in [0.15, 0.2) is 42.6 Å². The van der Waals surface area contributed by atoms with Crippen LogP contribution < -0.4 is 10.6 Å². The minimum atomic E-state index is -4.48. The van der Waals surface area contributed by atoms with Gasteiger partial charge in [0.15, 0.2) is 0 Å². The van der Waals surface area contributed by atoms with Crippen molar-refractivity contribution >= 4 is 11.6 Å². The Balaban J connectivity index is 1.92. The topological polar surface area (TPSA) is 59.2 Å². The summed E-state index contributed by atoms with van der Waals surface area (Å²) in [5.41, 5.74) is 6.71. The van der Waals surface area contributed by atoms with Gasteiger partial charge >= 0.3 is 6.18 Å². The van der Waals surface area contributed by atoms with Crippen LogP contribution in [0.4, 0.5) is 18.9 Å². The molecule has 0 saturated carbocycles. The highest BCUT2D eigenvalue weighted by Gasteiger charge is 2.32. The number of nitrogens with two attached hydrogens (primary N) is 1. The van der Waals surface area contributed by atoms with Crippen molar-refractivity contribution in [2.75, 3.05) is 11.4 Å². The van der Waals surface area contributed by atoms with Crippen LogP contribution in [0.25, 0.3) is 0 Å². The Morgan fingerprint density at radius 3 is 2.61 bits per heavy atom. The van der Waals surface area contributed by atoms with E-state index in [0.29, 0.717) is 19.2 Å². The first kappa shape index (κ1) is 15.5. The molecule has 0 saturated heterocycles. The average molecular weight is 321 g/mol. The highest BCUT2D eigenvalue weighted by molar-refractivity contribution is 6.05. The van der Waals surface area contributed by atoms with Crippen LogP contribution in [0.1, 0.15) is 21.6 Å². The summed E-state index contributed by atoms with van der Waals surface area (Å²) < 4.78 is 37.7. The van der Waals surface area contributed by atoms with E-state index in [0.717, 1.165) is 23.4 Å². The Hall–Kier alpha value is -2.41. The number of alkyl halides is 3. The second-order valence-corrected chi connectivity index (χ2v) is 5.44. The summed E-state index contributed by atoms with van der Waals surface area (Å²) in [6.45, 7) is 0.304. The normalized spacial score (nSPS) is 17.7. The fourth-order valence-corrected chi connectivity index (χ4v) is 2.65. The van der Waals surface area contributed by atoms with Crippen molar-refractivity contribution in [3.8, 4) is 0 Å². The molecule has 0 radical (unpaired) electrons. The van der Waals surface area contributed by atoms with Crippen LogP contribution in [0.5, 0.6) is 0 Å². The van der Waals surface area contributed by atoms with Gasteiger partial charge in [0.2, 0.25) is 0 Å². The summed E-state index contributed by atoms with van der Waals surface area (Å²) in [5, 5.41) is 0. The first-order valence-electron chi connectivity index (χ1n) is 7.05. The molecule has 0 bridgehead atoms. The molecule has 1 aliphatic heterocycles. The van der Waals surface area contributed by atoms with Crippen LogP contribution >= 0.6 is 0 Å². The lowest BCUT2D eigenvalue weighted by atomic mass is 9.98. The number of hydrogen-bond donors (Lipinski definition) is 1. The number of carbonyl (C=O) groups excluding carboxylic acids is 1. The molecule has 2 aromatic rings. The Morgan fingerprint density at radius 2 is 1.96 bits per heavy atom. The summed E-state index contributed by atoms with van der Waals surface area (Å²) in [5.74, 6) is -0.457. The molecule has 0 spiro atoms. The Bertz CT molecular complexity index is 728. The number of para-hydroxylation sites is 1. The van der Waals surface area contributed by atoms with Gasteiger partial charge in [-0.15, -0.1) is 0 Å². The predicted octanol–water partition coefficient (Wildman–Crippen LogP) is 2.63. The predicted molar refractivity (Wildman–Crippen MR) is 79.0 cm³/mol. The summed E-state index contributed by atoms with van der Waals surface area (Å²) >= 11 is 0. The number of rotatable bonds is 1. The van der Waals surface area contributed by atoms with Crippen molar-refractivity contribution < 1.29 is 18.0 Å². The van der Waals surface area contributed by atoms with Crippen LogP contribution in [0, 0.1) is 0 Å². The molecule has 1 aromatic heterocycles. The zero-order chi connectivity index (χ0) is 16.6. The van der Waals surface area contributed by atoms with E-state index < -0.39 is 17.6 Å². The number of amides is 1. The molecule has 3 rings (SSSR count). The maximum Gasteiger partial charge on any atom is 0.417 e. The third kappa shape index (κ3) is 3.05. The van der Waals surface area contributed by atoms with E-state index in [4.69, 9.17) is 5.73 Å². The first-order chi connectivity index (χ1) is 10.9. The van der Waals surface area contributed by atoms with Gasteiger partial charge in [-0.2, -0.15) is 13.2 Å². The molecule has 23 heavy (non-hydrogen) atoms. The molecule has 1 amide bonds. The molecule has 0 aliphatic carbocycles. The van der Waals surface area contributed by atoms with Crippen molar-refractivity contribution in [3.05, 3.63) is 59.4 Å². The zero-order valence-corrected chi connectivity index (χ0v) is 12.0. The molecule has 7 heteroatoms. The molecule has 1 atom stereocenters. The van der Waals surface area contributed by atoms with E-state index >= 15 is 0 Å². The van der Waals surface area contributed by atoms with E-state index in [2.05, 4.69) is 4.98 Å². The maximum absolute atomic E-state index is 12.6. The molecular weight excluding hydrogens is 307 g/mol. The number of halogens is 3. The number of benzene rings is 1. The fraction of sp³-hybridized carbons (Fsp3) is 0.250. The Kier molecular flexibility index (Phi) is 3.81. The van der Waals surface area contributed by atoms with E-state index in [1.165, 1.54) is 4.90 Å². The lowest BCUT2D eigenvalue weighted by Crippen LogP contribution is -2.46. The molecule has 120 valence electrons. The highest BCUT2D eigenvalue weighted by atomic mass is 19.4. The van der Waals surface area contributed by atoms with Gasteiger partial charge in [-0.3, -0.25) is 9.78 Å². The van der Waals surface area contributed by atoms with Gasteiger partial charge in [0.25, 0.3) is 5.91 Å². The third-order valence-corrected chi connectivity index (χ3v) is 3.74. The molecule has 4 nitrogen and oxygen atoms in total. The molecule has 1 unspecified atom stereocenters. The second kappa shape index (κ2) is 5.66. The van der Waals surface area contributed by atoms with Crippen molar-refractivity contribution in [1.29, 1.82) is 0 Å². The summed E-state index contributed by atoms with van der Waals surface area (Å²) in [4.78, 5) is 17.7. The standard InChI is InChI=1S/C16H14F3N3O/c17-16(18,19)11-5-6-13(21-8-11)15(23)22-9-12(20)7-10-3-1-2-4-14(10)22/h1-6,8,12H,7,9,20H2. The SMILES string of the molecule is NC1Cc2ccccc2N(C(=O)c2ccc(C(F)(F)F)cn2)C1. The zero-order valence-electron chi connectivity index (χ0n) is 12.0. The Labute approximate surface area is 130 Å². The quantitative estimate of drug-likeness (QED) is 0.878. The van der Waals surface area contributed by atoms with E-state index in [9.17, 15) is 18.0 Å². The number of carbonyl (C=O) groups is 1. The molecule has 2 heterocycles. The largest absolute Gasteiger partial charge is 0.417 e. The van der Waals surface area contributed by atoms with E-state index in [1.54, 1.807) is 12.1 Å². The lowest BCUT2D eigenvalue weighted by molar-refractivity contribution is -0.137. The minimum absolute atomic E-state index is 0.0399. The van der Waals surface area contributed by atoms with Crippen LogP contribution in [0.2, 0.25) is 0 Å². The third-order valence-electron chi connectivity index (χ3n) is 3.74. The molecule has 2 N–H and O–H groups in total. The van der Waals surface area contributed by atoms with Crippen LogP contribution in [-0.4, -0.2) is 23.5 Å². The number of anilines is 1. The van der Waals surface area contributed by atoms with Crippen molar-refractivity contribution in [2.45, 2.75) is 18.6 Å². The van der Waals surface area contributed by atoms with Gasteiger partial charge < -0.3 is 10.6 Å². The van der Waals surface area contributed by atoms with E-state index in [1.807, 2.05) is 12.1 Å². The fourth-order valence-electron chi connectivity index (χ4n) is 2.65. The number of fused-ring (bicyclic) bond motifs is 1. The average Bonchev–Trinajstić information content (AvgIpc) is 2.52. The van der Waals surface area contributed by atoms with Gasteiger partial charge in [-0.05, 0) is 30.2 Å². The second-order valence-electron chi connectivity index (χ2n) is 5.44. The van der Waals surface area contributed by atoms with Crippen LogP contribution in [0.3, 0.4) is 0 Å². The molecule has 1 aromatic carbocycles. The first-order valence-corrected chi connectivity index (χ1v) is 7.05. The lowest BCUT2D eigenvalue weighted by Gasteiger charge is -2.32. The van der Waals surface area contributed by atoms with Gasteiger partial charge in [0.05, 0.1) is 5.56 Å². The van der Waals surface area contributed by atoms with Gasteiger partial charge in [0.1, 0.15) is 5.69 Å². The molecule has 1 aliphatic rings. The van der Waals surface area contributed by atoms with Gasteiger partial charge in [-0.25, -0.2) is 0 Å². The van der Waals surface area contributed by atoms with Gasteiger partial charge in [0, 0.05) is 24.5 Å². The highest BCUT2D eigenvalue weighted by Crippen LogP contribution is 2.30. The number of pyridine rings is 1. The monoisotopic (exact) mass is 321 g/mol. The summed E-state index contributed by atoms with van der Waals surface area (Å²) in [6.07, 6.45) is -3.15. The number of aromatic nitrogens is 1. The van der Waals surface area contributed by atoms with Gasteiger partial charge in [-0.1, -0.05) is 18.2 Å². The summed E-state index contributed by atoms with van der Waals surface area (Å²) in [7, 11) is 0. The smallest absolute Gasteiger partial charge is 0.326 e. The van der Waals surface area contributed by atoms with Crippen molar-refractivity contribution in [3.63, 3.8) is 0 Å². The van der Waals surface area contributed by atoms with Crippen LogP contribution in [-0.2, 0) is 12.6 Å².